The van der Waals surface area contributed by atoms with Crippen LogP contribution in [0.3, 0.4) is 0 Å². The summed E-state index contributed by atoms with van der Waals surface area (Å²) in [4.78, 5) is 15.9. The lowest BCUT2D eigenvalue weighted by Gasteiger charge is -2.25. The monoisotopic (exact) mass is 751 g/mol. The molecule has 0 saturated heterocycles. The van der Waals surface area contributed by atoms with Crippen LogP contribution in [0.15, 0.2) is 188 Å². The van der Waals surface area contributed by atoms with Crippen LogP contribution in [0.5, 0.6) is 0 Å². The number of hydrogen-bond donors (Lipinski definition) is 0. The van der Waals surface area contributed by atoms with Gasteiger partial charge >= 0.3 is 0 Å². The first-order valence-corrected chi connectivity index (χ1v) is 20.4. The van der Waals surface area contributed by atoms with Crippen molar-refractivity contribution in [3.8, 4) is 56.4 Å². The second-order valence-corrected chi connectivity index (χ2v) is 16.4. The van der Waals surface area contributed by atoms with E-state index in [1.807, 2.05) is 0 Å². The van der Waals surface area contributed by atoms with Crippen LogP contribution in [0.4, 0.5) is 0 Å². The molecule has 1 aromatic heterocycles. The predicted molar refractivity (Wildman–Crippen MR) is 247 cm³/mol. The average molecular weight is 752 g/mol. The molecule has 3 heteroatoms. The van der Waals surface area contributed by atoms with Gasteiger partial charge in [-0.3, -0.25) is 0 Å². The Morgan fingerprint density at radius 2 is 0.729 bits per heavy atom. The minimum atomic E-state index is -0.142. The largest absolute Gasteiger partial charge is 0.208 e. The molecule has 11 aromatic rings. The summed E-state index contributed by atoms with van der Waals surface area (Å²) >= 11 is 0. The van der Waals surface area contributed by atoms with E-state index in [1.165, 1.54) is 81.9 Å². The molecule has 0 saturated carbocycles. The number of benzene rings is 10. The Hall–Kier alpha value is -7.49. The van der Waals surface area contributed by atoms with Crippen LogP contribution in [0.2, 0.25) is 0 Å². The summed E-state index contributed by atoms with van der Waals surface area (Å²) in [5, 5.41) is 11.8. The molecule has 59 heavy (non-hydrogen) atoms. The van der Waals surface area contributed by atoms with Gasteiger partial charge in [0.15, 0.2) is 17.5 Å². The second-order valence-electron chi connectivity index (χ2n) is 16.4. The van der Waals surface area contributed by atoms with Crippen molar-refractivity contribution in [2.24, 2.45) is 0 Å². The number of fused-ring (bicyclic) bond motifs is 10. The van der Waals surface area contributed by atoms with Crippen molar-refractivity contribution in [2.75, 3.05) is 0 Å². The van der Waals surface area contributed by atoms with Crippen molar-refractivity contribution < 1.29 is 0 Å². The third-order valence-corrected chi connectivity index (χ3v) is 12.7. The fraction of sp³-hybridized carbons (Fsp3) is 0.0536. The molecule has 0 N–H and O–H groups in total. The maximum absolute atomic E-state index is 5.34. The van der Waals surface area contributed by atoms with E-state index >= 15 is 0 Å². The van der Waals surface area contributed by atoms with Gasteiger partial charge in [-0.2, -0.15) is 0 Å². The molecule has 1 heterocycles. The molecule has 10 aromatic carbocycles. The van der Waals surface area contributed by atoms with E-state index in [1.54, 1.807) is 0 Å². The number of aromatic nitrogens is 3. The van der Waals surface area contributed by atoms with Crippen molar-refractivity contribution >= 4 is 53.9 Å². The van der Waals surface area contributed by atoms with Crippen molar-refractivity contribution in [2.45, 2.75) is 19.3 Å². The van der Waals surface area contributed by atoms with Crippen LogP contribution < -0.4 is 0 Å². The smallest absolute Gasteiger partial charge is 0.164 e. The first-order valence-electron chi connectivity index (χ1n) is 20.4. The van der Waals surface area contributed by atoms with Gasteiger partial charge in [0, 0.05) is 22.1 Å². The molecule has 0 fully saturated rings. The highest BCUT2D eigenvalue weighted by Gasteiger charge is 2.37. The number of rotatable bonds is 4. The molecule has 0 spiro atoms. The third kappa shape index (κ3) is 5.18. The van der Waals surface area contributed by atoms with Crippen molar-refractivity contribution in [1.29, 1.82) is 0 Å². The van der Waals surface area contributed by atoms with Gasteiger partial charge in [0.05, 0.1) is 0 Å². The van der Waals surface area contributed by atoms with Gasteiger partial charge in [0.2, 0.25) is 0 Å². The van der Waals surface area contributed by atoms with Gasteiger partial charge in [-0.05, 0) is 105 Å². The Morgan fingerprint density at radius 1 is 0.305 bits per heavy atom. The van der Waals surface area contributed by atoms with Crippen LogP contribution in [-0.2, 0) is 5.41 Å². The molecule has 0 atom stereocenters. The molecule has 0 aliphatic heterocycles. The minimum Gasteiger partial charge on any atom is -0.208 e. The summed E-state index contributed by atoms with van der Waals surface area (Å²) in [6.45, 7) is 4.72. The summed E-state index contributed by atoms with van der Waals surface area (Å²) in [5.41, 5.74) is 10.6. The van der Waals surface area contributed by atoms with Crippen LogP contribution in [0.1, 0.15) is 25.0 Å². The van der Waals surface area contributed by atoms with Gasteiger partial charge < -0.3 is 0 Å². The lowest BCUT2D eigenvalue weighted by Crippen LogP contribution is -2.16. The minimum absolute atomic E-state index is 0.142. The van der Waals surface area contributed by atoms with E-state index in [0.29, 0.717) is 17.5 Å². The molecule has 1 aliphatic rings. The molecule has 1 aliphatic carbocycles. The highest BCUT2D eigenvalue weighted by atomic mass is 15.0. The van der Waals surface area contributed by atoms with Crippen LogP contribution in [-0.4, -0.2) is 15.0 Å². The predicted octanol–water partition coefficient (Wildman–Crippen LogP) is 14.6. The molecule has 0 bridgehead atoms. The summed E-state index contributed by atoms with van der Waals surface area (Å²) < 4.78 is 0. The SMILES string of the molecule is CC1(C)c2ccccc2-c2cccc(-c3ccc(-c4nc(-c5ccc6ccc7ccccc7c6c5)nc(-c5ccc6ccc7ccccc7c6c5)n4)c4ccccc34)c21. The van der Waals surface area contributed by atoms with Crippen LogP contribution in [0.25, 0.3) is 110 Å². The Balaban J connectivity index is 1.09. The van der Waals surface area contributed by atoms with E-state index in [9.17, 15) is 0 Å². The molecule has 276 valence electrons. The first-order chi connectivity index (χ1) is 29.0. The van der Waals surface area contributed by atoms with E-state index in [-0.39, 0.29) is 5.41 Å². The van der Waals surface area contributed by atoms with Crippen LogP contribution >= 0.6 is 0 Å². The Labute approximate surface area is 342 Å². The maximum atomic E-state index is 5.34. The normalized spacial score (nSPS) is 13.1. The second kappa shape index (κ2) is 12.8. The Morgan fingerprint density at radius 3 is 1.34 bits per heavy atom. The van der Waals surface area contributed by atoms with E-state index in [0.717, 1.165) is 22.1 Å². The molecular formula is C56H37N3. The number of nitrogens with zero attached hydrogens (tertiary/aromatic N) is 3. The van der Waals surface area contributed by atoms with Gasteiger partial charge in [-0.25, -0.2) is 15.0 Å². The molecule has 0 amide bonds. The van der Waals surface area contributed by atoms with Gasteiger partial charge in [-0.1, -0.05) is 184 Å². The molecule has 0 radical (unpaired) electrons. The van der Waals surface area contributed by atoms with Gasteiger partial charge in [0.25, 0.3) is 0 Å². The Bertz CT molecular complexity index is 3410. The highest BCUT2D eigenvalue weighted by Crippen LogP contribution is 2.53. The fourth-order valence-corrected chi connectivity index (χ4v) is 9.84. The quantitative estimate of drug-likeness (QED) is 0.168. The maximum Gasteiger partial charge on any atom is 0.164 e. The zero-order valence-corrected chi connectivity index (χ0v) is 32.7. The summed E-state index contributed by atoms with van der Waals surface area (Å²) in [7, 11) is 0. The lowest BCUT2D eigenvalue weighted by atomic mass is 9.78. The average Bonchev–Trinajstić information content (AvgIpc) is 3.54. The summed E-state index contributed by atoms with van der Waals surface area (Å²) in [6.07, 6.45) is 0. The van der Waals surface area contributed by atoms with Crippen molar-refractivity contribution in [3.05, 3.63) is 199 Å². The fourth-order valence-electron chi connectivity index (χ4n) is 9.84. The third-order valence-electron chi connectivity index (χ3n) is 12.7. The molecule has 0 unspecified atom stereocenters. The first kappa shape index (κ1) is 33.6. The van der Waals surface area contributed by atoms with Gasteiger partial charge in [0.1, 0.15) is 0 Å². The summed E-state index contributed by atoms with van der Waals surface area (Å²) in [6, 6.07) is 67.9. The highest BCUT2D eigenvalue weighted by molar-refractivity contribution is 6.10. The van der Waals surface area contributed by atoms with E-state index in [4.69, 9.17) is 15.0 Å². The molecule has 12 rings (SSSR count). The standard InChI is InChI=1S/C56H37N3/c1-56(2)51-21-10-9-18-45(51)47-20-11-19-46(52(47)56)44-30-31-48(43-17-8-7-16-42(43)44)55-58-53(38-28-26-36-24-22-34-12-3-5-14-40(34)49(36)32-38)57-54(59-55)39-29-27-37-25-23-35-13-4-6-15-41(35)50(37)33-39/h3-33H,1-2H3. The van der Waals surface area contributed by atoms with E-state index < -0.39 is 0 Å². The number of hydrogen-bond acceptors (Lipinski definition) is 3. The van der Waals surface area contributed by atoms with Gasteiger partial charge in [-0.15, -0.1) is 0 Å². The van der Waals surface area contributed by atoms with Crippen LogP contribution in [0, 0.1) is 0 Å². The van der Waals surface area contributed by atoms with Crippen molar-refractivity contribution in [1.82, 2.24) is 15.0 Å². The van der Waals surface area contributed by atoms with E-state index in [2.05, 4.69) is 202 Å². The zero-order chi connectivity index (χ0) is 39.2. The topological polar surface area (TPSA) is 38.7 Å². The molecular weight excluding hydrogens is 715 g/mol. The lowest BCUT2D eigenvalue weighted by molar-refractivity contribution is 0.662. The molecule has 3 nitrogen and oxygen atoms in total. The zero-order valence-electron chi connectivity index (χ0n) is 32.7. The van der Waals surface area contributed by atoms with Crippen molar-refractivity contribution in [3.63, 3.8) is 0 Å². The Kier molecular flexibility index (Phi) is 7.27. The summed E-state index contributed by atoms with van der Waals surface area (Å²) in [5.74, 6) is 1.94.